The van der Waals surface area contributed by atoms with Crippen molar-refractivity contribution in [2.45, 2.75) is 0 Å². The normalized spacial score (nSPS) is 11.3. The Morgan fingerprint density at radius 1 is 0.780 bits per heavy atom. The van der Waals surface area contributed by atoms with Crippen LogP contribution >= 0.6 is 0 Å². The summed E-state index contributed by atoms with van der Waals surface area (Å²) in [6, 6.07) is 12.3. The molecule has 0 fully saturated rings. The third kappa shape index (κ3) is 5.30. The molecule has 0 atom stereocenters. The van der Waals surface area contributed by atoms with Gasteiger partial charge in [0.2, 0.25) is 0 Å². The number of fused-ring (bicyclic) bond motifs is 6. The van der Waals surface area contributed by atoms with Gasteiger partial charge in [0.1, 0.15) is 17.3 Å². The fourth-order valence-corrected chi connectivity index (χ4v) is 6.28. The Morgan fingerprint density at radius 2 is 1.44 bits per heavy atom. The molecule has 0 saturated heterocycles. The van der Waals surface area contributed by atoms with Crippen molar-refractivity contribution in [2.75, 3.05) is 0 Å². The molecule has 0 unspecified atom stereocenters. The monoisotopic (exact) mass is 1020 g/mol. The molecular weight excluding hydrogens is 995 g/mol. The molecule has 0 spiro atoms. The first-order valence-corrected chi connectivity index (χ1v) is 15.2. The van der Waals surface area contributed by atoms with Gasteiger partial charge in [0, 0.05) is 67.7 Å². The van der Waals surface area contributed by atoms with E-state index in [0.717, 1.165) is 77.8 Å². The van der Waals surface area contributed by atoms with E-state index in [2.05, 4.69) is 38.4 Å². The Labute approximate surface area is 313 Å². The number of aryl methyl sites for hydroxylation is 4. The van der Waals surface area contributed by atoms with Crippen LogP contribution in [0, 0.1) is 6.33 Å². The fourth-order valence-electron chi connectivity index (χ4n) is 6.28. The summed E-state index contributed by atoms with van der Waals surface area (Å²) < 4.78 is 19.2. The van der Waals surface area contributed by atoms with Crippen LogP contribution in [0.15, 0.2) is 101 Å². The van der Waals surface area contributed by atoms with Crippen LogP contribution in [0.5, 0.6) is 0 Å². The van der Waals surface area contributed by atoms with Crippen LogP contribution < -0.4 is 14.5 Å². The van der Waals surface area contributed by atoms with E-state index in [-0.39, 0.29) is 42.1 Å². The first-order chi connectivity index (χ1) is 23.4. The van der Waals surface area contributed by atoms with Crippen molar-refractivity contribution >= 4 is 43.6 Å². The van der Waals surface area contributed by atoms with Gasteiger partial charge >= 0.3 is 42.1 Å². The summed E-state index contributed by atoms with van der Waals surface area (Å²) in [7, 11) is 7.78. The topological polar surface area (TPSA) is 125 Å². The molecule has 12 nitrogen and oxygen atoms in total. The van der Waals surface area contributed by atoms with E-state index in [1.807, 2.05) is 90.9 Å². The molecule has 10 rings (SSSR count). The molecule has 50 heavy (non-hydrogen) atoms. The SMILES string of the molecule is Cn1[c-]nc(-c2occ3c2[n-]c2c(-c4nccn4C)cccc23)c1.Cn1cnc(-c2occ3c2[n-]c2c(-c4n[cH-]c[n+]4C)cccc23)c1.[Pt+2].[Pt+2]. The zero-order chi connectivity index (χ0) is 32.5. The van der Waals surface area contributed by atoms with Crippen molar-refractivity contribution in [1.29, 1.82) is 0 Å². The van der Waals surface area contributed by atoms with E-state index in [1.165, 1.54) is 0 Å². The minimum atomic E-state index is 0. The Hall–Kier alpha value is -5.18. The molecule has 10 aromatic rings. The zero-order valence-corrected chi connectivity index (χ0v) is 31.6. The summed E-state index contributed by atoms with van der Waals surface area (Å²) in [4.78, 5) is 27.3. The van der Waals surface area contributed by atoms with Crippen LogP contribution in [0.2, 0.25) is 0 Å². The average molecular weight is 1020 g/mol. The molecule has 0 N–H and O–H groups in total. The van der Waals surface area contributed by atoms with Crippen LogP contribution in [0.1, 0.15) is 0 Å². The first-order valence-electron chi connectivity index (χ1n) is 15.2. The van der Waals surface area contributed by atoms with Gasteiger partial charge in [0.15, 0.2) is 5.82 Å². The number of hydrogen-bond donors (Lipinski definition) is 0. The molecule has 8 aromatic heterocycles. The van der Waals surface area contributed by atoms with E-state index < -0.39 is 0 Å². The number of benzene rings is 2. The van der Waals surface area contributed by atoms with E-state index in [4.69, 9.17) is 18.8 Å². The number of nitrogens with zero attached hydrogens (tertiary/aromatic N) is 10. The second-order valence-corrected chi connectivity index (χ2v) is 11.8. The van der Waals surface area contributed by atoms with E-state index >= 15 is 0 Å². The van der Waals surface area contributed by atoms with Crippen LogP contribution in [-0.4, -0.2) is 33.6 Å². The van der Waals surface area contributed by atoms with Crippen LogP contribution in [-0.2, 0) is 70.3 Å². The van der Waals surface area contributed by atoms with Gasteiger partial charge in [0.25, 0.3) is 0 Å². The second kappa shape index (κ2) is 12.9. The summed E-state index contributed by atoms with van der Waals surface area (Å²) in [6.45, 7) is 0. The quantitative estimate of drug-likeness (QED) is 0.163. The maximum Gasteiger partial charge on any atom is 2.00 e. The van der Waals surface area contributed by atoms with Gasteiger partial charge in [-0.05, 0) is 29.1 Å². The van der Waals surface area contributed by atoms with Crippen molar-refractivity contribution in [3.63, 3.8) is 0 Å². The molecule has 252 valence electrons. The van der Waals surface area contributed by atoms with E-state index in [0.29, 0.717) is 11.5 Å². The van der Waals surface area contributed by atoms with Gasteiger partial charge in [-0.1, -0.05) is 47.4 Å². The molecule has 8 heterocycles. The predicted octanol–water partition coefficient (Wildman–Crippen LogP) is 5.69. The smallest absolute Gasteiger partial charge is 0.654 e. The zero-order valence-electron chi connectivity index (χ0n) is 27.1. The maximum absolute atomic E-state index is 5.76. The summed E-state index contributed by atoms with van der Waals surface area (Å²) in [5.41, 5.74) is 7.06. The number of aromatic nitrogens is 10. The number of imidazole rings is 4. The molecular formula is C36H27N10O2Pt2+. The maximum atomic E-state index is 5.76. The standard InChI is InChI=1S/C18H14N5O.C18H13N5O.2Pt/c2*1-22-8-14(20-10-22)17-16-13(9-24-17)11-4-3-5-12(15(11)21-16)18-19-6-7-23(18)2;;/h3-10H,1-2H3;3-9H,1-2H3;;/q-1;-2;2*+2. The van der Waals surface area contributed by atoms with Gasteiger partial charge in [0.05, 0.1) is 31.7 Å². The molecule has 0 saturated carbocycles. The Balaban J connectivity index is 0.000000151. The fraction of sp³-hybridized carbons (Fsp3) is 0.111. The molecule has 2 aromatic carbocycles. The van der Waals surface area contributed by atoms with Crippen molar-refractivity contribution in [1.82, 2.24) is 43.6 Å². The van der Waals surface area contributed by atoms with E-state index in [9.17, 15) is 0 Å². The number of hydrogen-bond acceptors (Lipinski definition) is 6. The molecule has 0 aliphatic heterocycles. The van der Waals surface area contributed by atoms with Gasteiger partial charge in [-0.2, -0.15) is 0 Å². The Bertz CT molecular complexity index is 2570. The van der Waals surface area contributed by atoms with Gasteiger partial charge in [-0.25, -0.2) is 15.0 Å². The summed E-state index contributed by atoms with van der Waals surface area (Å²) in [5.74, 6) is 3.17. The number of furan rings is 2. The van der Waals surface area contributed by atoms with E-state index in [1.54, 1.807) is 35.8 Å². The van der Waals surface area contributed by atoms with Gasteiger partial charge < -0.3 is 42.1 Å². The largest absolute Gasteiger partial charge is 2.00 e. The summed E-state index contributed by atoms with van der Waals surface area (Å²) in [6.07, 6.45) is 19.4. The Kier molecular flexibility index (Phi) is 8.62. The summed E-state index contributed by atoms with van der Waals surface area (Å²) >= 11 is 0. The van der Waals surface area contributed by atoms with Crippen LogP contribution in [0.4, 0.5) is 0 Å². The van der Waals surface area contributed by atoms with Crippen LogP contribution in [0.25, 0.3) is 89.3 Å². The number of para-hydroxylation sites is 2. The van der Waals surface area contributed by atoms with Crippen molar-refractivity contribution in [3.05, 3.63) is 98.8 Å². The molecule has 14 heteroatoms. The number of rotatable bonds is 4. The van der Waals surface area contributed by atoms with Crippen molar-refractivity contribution < 1.29 is 55.5 Å². The minimum Gasteiger partial charge on any atom is -0.654 e. The predicted molar refractivity (Wildman–Crippen MR) is 180 cm³/mol. The average Bonchev–Trinajstić information content (AvgIpc) is 3.91. The molecule has 0 aliphatic rings. The third-order valence-electron chi connectivity index (χ3n) is 8.57. The third-order valence-corrected chi connectivity index (χ3v) is 8.57. The second-order valence-electron chi connectivity index (χ2n) is 11.8. The van der Waals surface area contributed by atoms with Gasteiger partial charge in [-0.3, -0.25) is 0 Å². The van der Waals surface area contributed by atoms with Crippen molar-refractivity contribution in [2.24, 2.45) is 28.2 Å². The minimum absolute atomic E-state index is 0. The van der Waals surface area contributed by atoms with Gasteiger partial charge in [-0.15, -0.1) is 17.2 Å². The molecule has 0 aliphatic carbocycles. The molecule has 0 radical (unpaired) electrons. The first kappa shape index (κ1) is 33.3. The molecule has 0 amide bonds. The van der Waals surface area contributed by atoms with Crippen LogP contribution in [0.3, 0.4) is 0 Å². The van der Waals surface area contributed by atoms with Crippen molar-refractivity contribution in [3.8, 4) is 45.7 Å². The molecule has 0 bridgehead atoms. The summed E-state index contributed by atoms with van der Waals surface area (Å²) in [5, 5.41) is 4.11. The Morgan fingerprint density at radius 3 is 2.00 bits per heavy atom.